The van der Waals surface area contributed by atoms with Gasteiger partial charge in [0.25, 0.3) is 0 Å². The molecule has 4 rings (SSSR count). The zero-order valence-electron chi connectivity index (χ0n) is 14.5. The Morgan fingerprint density at radius 1 is 1.22 bits per heavy atom. The molecule has 3 heteroatoms. The van der Waals surface area contributed by atoms with Crippen LogP contribution in [-0.2, 0) is 4.79 Å². The van der Waals surface area contributed by atoms with Crippen molar-refractivity contribution >= 4 is 5.78 Å². The van der Waals surface area contributed by atoms with Crippen molar-refractivity contribution in [3.63, 3.8) is 0 Å². The molecule has 23 heavy (non-hydrogen) atoms. The number of aliphatic hydroxyl groups excluding tert-OH is 2. The number of hydrogen-bond acceptors (Lipinski definition) is 3. The summed E-state index contributed by atoms with van der Waals surface area (Å²) in [6.45, 7) is 8.78. The number of carbonyl (C=O) groups is 1. The van der Waals surface area contributed by atoms with Crippen molar-refractivity contribution < 1.29 is 15.0 Å². The molecule has 0 saturated heterocycles. The molecule has 0 amide bonds. The lowest BCUT2D eigenvalue weighted by atomic mass is 9.40. The topological polar surface area (TPSA) is 57.5 Å². The van der Waals surface area contributed by atoms with E-state index in [-0.39, 0.29) is 35.1 Å². The van der Waals surface area contributed by atoms with Gasteiger partial charge >= 0.3 is 0 Å². The highest BCUT2D eigenvalue weighted by atomic mass is 16.3. The fourth-order valence-electron chi connectivity index (χ4n) is 7.33. The molecule has 0 aliphatic heterocycles. The van der Waals surface area contributed by atoms with Crippen molar-refractivity contribution in [2.24, 2.45) is 34.0 Å². The summed E-state index contributed by atoms with van der Waals surface area (Å²) in [5.74, 6) is 0.804. The van der Waals surface area contributed by atoms with Crippen LogP contribution in [0.15, 0.2) is 12.2 Å². The number of ketones is 1. The van der Waals surface area contributed by atoms with Gasteiger partial charge in [-0.2, -0.15) is 0 Å². The highest BCUT2D eigenvalue weighted by Crippen LogP contribution is 2.70. The number of Topliss-reactive ketones (excluding diaryl/α,β-unsaturated/α-hetero) is 1. The molecule has 4 aliphatic rings. The molecule has 0 aromatic carbocycles. The molecule has 1 spiro atoms. The van der Waals surface area contributed by atoms with E-state index in [0.29, 0.717) is 12.3 Å². The number of allylic oxidation sites excluding steroid dienone is 1. The summed E-state index contributed by atoms with van der Waals surface area (Å²) in [5, 5.41) is 21.6. The Morgan fingerprint density at radius 3 is 2.65 bits per heavy atom. The molecule has 0 aromatic rings. The average Bonchev–Trinajstić information content (AvgIpc) is 2.71. The van der Waals surface area contributed by atoms with Gasteiger partial charge in [-0.05, 0) is 67.3 Å². The summed E-state index contributed by atoms with van der Waals surface area (Å²) in [6, 6.07) is 0. The minimum absolute atomic E-state index is 0.118. The van der Waals surface area contributed by atoms with E-state index in [1.165, 1.54) is 0 Å². The Hall–Kier alpha value is -0.670. The van der Waals surface area contributed by atoms with Crippen LogP contribution in [0.3, 0.4) is 0 Å². The minimum Gasteiger partial charge on any atom is -0.396 e. The monoisotopic (exact) mass is 318 g/mol. The summed E-state index contributed by atoms with van der Waals surface area (Å²) < 4.78 is 0. The third-order valence-corrected chi connectivity index (χ3v) is 8.36. The predicted molar refractivity (Wildman–Crippen MR) is 88.7 cm³/mol. The molecule has 3 nitrogen and oxygen atoms in total. The number of fused-ring (bicyclic) bond motifs is 3. The van der Waals surface area contributed by atoms with Crippen molar-refractivity contribution in [3.05, 3.63) is 12.2 Å². The van der Waals surface area contributed by atoms with E-state index in [1.54, 1.807) is 0 Å². The zero-order valence-corrected chi connectivity index (χ0v) is 14.5. The minimum atomic E-state index is -0.646. The second kappa shape index (κ2) is 4.70. The SMILES string of the molecule is C=C1C(=O)C23CC1CCC2C1(CO)CCCC(C)(C)C1CC3O. The van der Waals surface area contributed by atoms with E-state index in [2.05, 4.69) is 20.4 Å². The maximum Gasteiger partial charge on any atom is 0.167 e. The van der Waals surface area contributed by atoms with Crippen LogP contribution in [0.2, 0.25) is 0 Å². The molecule has 0 radical (unpaired) electrons. The van der Waals surface area contributed by atoms with E-state index in [1.807, 2.05) is 0 Å². The summed E-state index contributed by atoms with van der Waals surface area (Å²) in [6.07, 6.45) is 6.09. The average molecular weight is 318 g/mol. The standard InChI is InChI=1S/C20H30O3/c1-12-13-5-6-14-19(11-21)8-4-7-18(2,3)15(19)9-16(22)20(14,10-13)17(12)23/h13-16,21-22H,1,4-11H2,2-3H3. The lowest BCUT2D eigenvalue weighted by Crippen LogP contribution is -2.65. The third-order valence-electron chi connectivity index (χ3n) is 8.36. The van der Waals surface area contributed by atoms with Crippen molar-refractivity contribution in [1.29, 1.82) is 0 Å². The second-order valence-corrected chi connectivity index (χ2v) is 9.46. The van der Waals surface area contributed by atoms with Crippen LogP contribution in [0.25, 0.3) is 0 Å². The molecule has 2 bridgehead atoms. The smallest absolute Gasteiger partial charge is 0.167 e. The van der Waals surface area contributed by atoms with Crippen LogP contribution in [0, 0.1) is 34.0 Å². The van der Waals surface area contributed by atoms with E-state index >= 15 is 0 Å². The Kier molecular flexibility index (Phi) is 3.23. The van der Waals surface area contributed by atoms with Gasteiger partial charge in [-0.1, -0.05) is 26.8 Å². The zero-order chi connectivity index (χ0) is 16.6. The first-order chi connectivity index (χ1) is 10.8. The van der Waals surface area contributed by atoms with E-state index in [9.17, 15) is 15.0 Å². The quantitative estimate of drug-likeness (QED) is 0.731. The fraction of sp³-hybridized carbons (Fsp3) is 0.850. The fourth-order valence-corrected chi connectivity index (χ4v) is 7.33. The summed E-state index contributed by atoms with van der Waals surface area (Å²) in [4.78, 5) is 13.1. The molecule has 2 N–H and O–H groups in total. The number of carbonyl (C=O) groups excluding carboxylic acids is 1. The summed E-state index contributed by atoms with van der Waals surface area (Å²) in [7, 11) is 0. The van der Waals surface area contributed by atoms with Gasteiger partial charge in [0, 0.05) is 12.0 Å². The van der Waals surface area contributed by atoms with Gasteiger partial charge in [0.15, 0.2) is 5.78 Å². The number of hydrogen-bond donors (Lipinski definition) is 2. The van der Waals surface area contributed by atoms with Crippen molar-refractivity contribution in [2.45, 2.75) is 64.9 Å². The lowest BCUT2D eigenvalue weighted by molar-refractivity contribution is -0.213. The molecule has 0 heterocycles. The van der Waals surface area contributed by atoms with Crippen molar-refractivity contribution in [3.8, 4) is 0 Å². The summed E-state index contributed by atoms with van der Waals surface area (Å²) >= 11 is 0. The maximum atomic E-state index is 13.1. The van der Waals surface area contributed by atoms with Crippen LogP contribution < -0.4 is 0 Å². The molecule has 4 saturated carbocycles. The molecule has 4 fully saturated rings. The first-order valence-electron chi connectivity index (χ1n) is 9.32. The third kappa shape index (κ3) is 1.71. The molecular weight excluding hydrogens is 288 g/mol. The van der Waals surface area contributed by atoms with Gasteiger partial charge in [-0.3, -0.25) is 4.79 Å². The molecular formula is C20H30O3. The van der Waals surface area contributed by atoms with Gasteiger partial charge < -0.3 is 10.2 Å². The highest BCUT2D eigenvalue weighted by Gasteiger charge is 2.70. The number of aliphatic hydroxyl groups is 2. The van der Waals surface area contributed by atoms with Gasteiger partial charge in [-0.15, -0.1) is 0 Å². The van der Waals surface area contributed by atoms with E-state index in [0.717, 1.165) is 44.1 Å². The first kappa shape index (κ1) is 15.8. The predicted octanol–water partition coefficient (Wildman–Crippen LogP) is 3.10. The van der Waals surface area contributed by atoms with Gasteiger partial charge in [0.1, 0.15) is 0 Å². The van der Waals surface area contributed by atoms with Crippen molar-refractivity contribution in [2.75, 3.05) is 6.61 Å². The van der Waals surface area contributed by atoms with Crippen LogP contribution >= 0.6 is 0 Å². The summed E-state index contributed by atoms with van der Waals surface area (Å²) in [5.41, 5.74) is 0.0333. The Labute approximate surface area is 139 Å². The molecule has 0 aromatic heterocycles. The first-order valence-corrected chi connectivity index (χ1v) is 9.32. The Bertz CT molecular complexity index is 565. The Balaban J connectivity index is 1.86. The van der Waals surface area contributed by atoms with Crippen molar-refractivity contribution in [1.82, 2.24) is 0 Å². The molecule has 128 valence electrons. The van der Waals surface area contributed by atoms with Crippen LogP contribution in [-0.4, -0.2) is 28.7 Å². The molecule has 6 atom stereocenters. The van der Waals surface area contributed by atoms with Crippen LogP contribution in [0.1, 0.15) is 58.8 Å². The van der Waals surface area contributed by atoms with Crippen LogP contribution in [0.4, 0.5) is 0 Å². The highest BCUT2D eigenvalue weighted by molar-refractivity contribution is 6.03. The molecule has 6 unspecified atom stereocenters. The number of rotatable bonds is 1. The molecule has 4 aliphatic carbocycles. The normalized spacial score (nSPS) is 51.3. The van der Waals surface area contributed by atoms with Gasteiger partial charge in [0.05, 0.1) is 11.5 Å². The van der Waals surface area contributed by atoms with Gasteiger partial charge in [0.2, 0.25) is 0 Å². The largest absolute Gasteiger partial charge is 0.396 e. The van der Waals surface area contributed by atoms with Crippen LogP contribution in [0.5, 0.6) is 0 Å². The Morgan fingerprint density at radius 2 is 1.96 bits per heavy atom. The van der Waals surface area contributed by atoms with E-state index < -0.39 is 11.5 Å². The van der Waals surface area contributed by atoms with E-state index in [4.69, 9.17) is 0 Å². The maximum absolute atomic E-state index is 13.1. The lowest BCUT2D eigenvalue weighted by Gasteiger charge is -2.65. The second-order valence-electron chi connectivity index (χ2n) is 9.46. The van der Waals surface area contributed by atoms with Gasteiger partial charge in [-0.25, -0.2) is 0 Å².